The normalized spacial score (nSPS) is 14.3. The molecule has 4 aromatic rings. The maximum atomic E-state index is 13.1. The zero-order valence-corrected chi connectivity index (χ0v) is 22.2. The molecule has 34 heavy (non-hydrogen) atoms. The third-order valence-corrected chi connectivity index (χ3v) is 8.52. The molecule has 178 valence electrons. The average Bonchev–Trinajstić information content (AvgIpc) is 3.21. The van der Waals surface area contributed by atoms with Crippen molar-refractivity contribution in [2.24, 2.45) is 0 Å². The molecule has 0 aliphatic carbocycles. The summed E-state index contributed by atoms with van der Waals surface area (Å²) in [6.45, 7) is 9.23. The third kappa shape index (κ3) is 5.24. The Morgan fingerprint density at radius 1 is 1.06 bits per heavy atom. The highest BCUT2D eigenvalue weighted by molar-refractivity contribution is 7.84. The summed E-state index contributed by atoms with van der Waals surface area (Å²) in [5.74, 6) is 0.555. The number of benzene rings is 2. The highest BCUT2D eigenvalue weighted by Crippen LogP contribution is 2.40. The number of fused-ring (bicyclic) bond motifs is 1. The summed E-state index contributed by atoms with van der Waals surface area (Å²) in [5, 5.41) is 12.1. The fourth-order valence-electron chi connectivity index (χ4n) is 3.50. The van der Waals surface area contributed by atoms with E-state index in [0.29, 0.717) is 16.5 Å². The van der Waals surface area contributed by atoms with Crippen molar-refractivity contribution in [3.05, 3.63) is 82.0 Å². The van der Waals surface area contributed by atoms with Crippen LogP contribution in [-0.2, 0) is 16.6 Å². The van der Waals surface area contributed by atoms with Gasteiger partial charge in [-0.2, -0.15) is 0 Å². The summed E-state index contributed by atoms with van der Waals surface area (Å²) < 4.78 is 17.0. The van der Waals surface area contributed by atoms with E-state index in [4.69, 9.17) is 11.6 Å². The molecule has 0 aliphatic rings. The zero-order chi connectivity index (χ0) is 24.7. The Balaban J connectivity index is 1.85. The number of thiophene rings is 1. The second kappa shape index (κ2) is 9.47. The molecule has 8 heteroatoms. The average molecular weight is 514 g/mol. The van der Waals surface area contributed by atoms with E-state index in [2.05, 4.69) is 20.8 Å². The maximum Gasteiger partial charge on any atom is 0.160 e. The van der Waals surface area contributed by atoms with Crippen LogP contribution in [0.3, 0.4) is 0 Å². The van der Waals surface area contributed by atoms with Gasteiger partial charge in [-0.15, -0.1) is 11.3 Å². The molecule has 2 N–H and O–H groups in total. The minimum Gasteiger partial charge on any atom is -0.384 e. The van der Waals surface area contributed by atoms with Crippen molar-refractivity contribution in [2.75, 3.05) is 0 Å². The van der Waals surface area contributed by atoms with Gasteiger partial charge in [0.15, 0.2) is 5.82 Å². The van der Waals surface area contributed by atoms with Crippen LogP contribution in [0.2, 0.25) is 5.02 Å². The summed E-state index contributed by atoms with van der Waals surface area (Å²) in [7, 11) is -1.31. The molecule has 0 bridgehead atoms. The van der Waals surface area contributed by atoms with Gasteiger partial charge in [0.05, 0.1) is 27.5 Å². The van der Waals surface area contributed by atoms with E-state index in [9.17, 15) is 9.32 Å². The number of hydrogen-bond donors (Lipinski definition) is 2. The standard InChI is InChI=1S/C26H28ClN3O2S2/c1-25(2,3)34(32)30-22(17-10-6-7-12-19(17)27)20-15-16-9-8-11-18(23(16)33-20)24-28-14-13-21(29-24)26(4,5)31/h6-15,22,30-31H,1-5H3/t22-,34+/m1/s1. The lowest BCUT2D eigenvalue weighted by Gasteiger charge is -2.24. The molecule has 0 saturated carbocycles. The van der Waals surface area contributed by atoms with Crippen LogP contribution in [-0.4, -0.2) is 24.0 Å². The molecule has 0 amide bonds. The van der Waals surface area contributed by atoms with Crippen molar-refractivity contribution in [3.63, 3.8) is 0 Å². The monoisotopic (exact) mass is 513 g/mol. The Bertz CT molecular complexity index is 1360. The number of hydrogen-bond acceptors (Lipinski definition) is 5. The van der Waals surface area contributed by atoms with E-state index < -0.39 is 21.3 Å². The van der Waals surface area contributed by atoms with Gasteiger partial charge in [-0.25, -0.2) is 18.9 Å². The quantitative estimate of drug-likeness (QED) is 0.313. The number of aromatic nitrogens is 2. The van der Waals surface area contributed by atoms with Gasteiger partial charge in [0.25, 0.3) is 0 Å². The van der Waals surface area contributed by atoms with Crippen molar-refractivity contribution in [3.8, 4) is 11.4 Å². The smallest absolute Gasteiger partial charge is 0.160 e. The van der Waals surface area contributed by atoms with Crippen molar-refractivity contribution < 1.29 is 9.32 Å². The van der Waals surface area contributed by atoms with Crippen LogP contribution in [0.5, 0.6) is 0 Å². The van der Waals surface area contributed by atoms with Gasteiger partial charge in [-0.05, 0) is 69.8 Å². The van der Waals surface area contributed by atoms with Gasteiger partial charge in [0.1, 0.15) is 5.60 Å². The minimum atomic E-state index is -1.31. The van der Waals surface area contributed by atoms with Crippen LogP contribution in [0.1, 0.15) is 56.8 Å². The SMILES string of the molecule is CC(C)(O)c1ccnc(-c2cccc3cc([C@H](N[S@@](=O)C(C)(C)C)c4ccccc4Cl)sc23)n1. The number of rotatable bonds is 6. The van der Waals surface area contributed by atoms with Crippen LogP contribution < -0.4 is 4.72 Å². The number of nitrogens with zero attached hydrogens (tertiary/aromatic N) is 2. The molecule has 0 saturated heterocycles. The maximum absolute atomic E-state index is 13.1. The van der Waals surface area contributed by atoms with Crippen LogP contribution >= 0.6 is 22.9 Å². The molecular weight excluding hydrogens is 486 g/mol. The predicted octanol–water partition coefficient (Wildman–Crippen LogP) is 6.38. The highest BCUT2D eigenvalue weighted by atomic mass is 35.5. The molecule has 0 spiro atoms. The first-order chi connectivity index (χ1) is 15.9. The molecule has 5 nitrogen and oxygen atoms in total. The summed E-state index contributed by atoms with van der Waals surface area (Å²) in [5.41, 5.74) is 1.25. The summed E-state index contributed by atoms with van der Waals surface area (Å²) >= 11 is 8.17. The van der Waals surface area contributed by atoms with E-state index in [0.717, 1.165) is 26.1 Å². The van der Waals surface area contributed by atoms with E-state index in [1.165, 1.54) is 0 Å². The molecule has 0 radical (unpaired) electrons. The Labute approximate surface area is 211 Å². The molecular formula is C26H28ClN3O2S2. The second-order valence-corrected chi connectivity index (χ2v) is 13.1. The number of halogens is 1. The third-order valence-electron chi connectivity index (χ3n) is 5.37. The number of nitrogens with one attached hydrogen (secondary N) is 1. The lowest BCUT2D eigenvalue weighted by atomic mass is 10.0. The van der Waals surface area contributed by atoms with Gasteiger partial charge in [-0.3, -0.25) is 0 Å². The van der Waals surface area contributed by atoms with Crippen LogP contribution in [0.25, 0.3) is 21.5 Å². The van der Waals surface area contributed by atoms with E-state index in [-0.39, 0.29) is 6.04 Å². The molecule has 2 aromatic heterocycles. The fourth-order valence-corrected chi connectivity index (χ4v) is 5.88. The Kier molecular flexibility index (Phi) is 6.95. The largest absolute Gasteiger partial charge is 0.384 e. The van der Waals surface area contributed by atoms with Gasteiger partial charge in [0.2, 0.25) is 0 Å². The molecule has 4 rings (SSSR count). The molecule has 2 heterocycles. The lowest BCUT2D eigenvalue weighted by molar-refractivity contribution is 0.0738. The fraction of sp³-hybridized carbons (Fsp3) is 0.308. The lowest BCUT2D eigenvalue weighted by Crippen LogP contribution is -2.36. The van der Waals surface area contributed by atoms with Gasteiger partial charge < -0.3 is 5.11 Å². The summed E-state index contributed by atoms with van der Waals surface area (Å²) in [4.78, 5) is 10.1. The highest BCUT2D eigenvalue weighted by Gasteiger charge is 2.27. The van der Waals surface area contributed by atoms with Crippen molar-refractivity contribution in [2.45, 2.75) is 51.0 Å². The second-order valence-electron chi connectivity index (χ2n) is 9.65. The first kappa shape index (κ1) is 24.9. The molecule has 0 aliphatic heterocycles. The van der Waals surface area contributed by atoms with Crippen LogP contribution in [0.4, 0.5) is 0 Å². The first-order valence-electron chi connectivity index (χ1n) is 11.0. The van der Waals surface area contributed by atoms with E-state index in [1.807, 2.05) is 63.2 Å². The topological polar surface area (TPSA) is 75.1 Å². The Hall–Kier alpha value is -2.16. The number of aliphatic hydroxyl groups is 1. The van der Waals surface area contributed by atoms with E-state index in [1.54, 1.807) is 37.4 Å². The molecule has 0 unspecified atom stereocenters. The van der Waals surface area contributed by atoms with Gasteiger partial charge in [0, 0.05) is 26.4 Å². The van der Waals surface area contributed by atoms with Crippen molar-refractivity contribution >= 4 is 44.0 Å². The Morgan fingerprint density at radius 3 is 2.47 bits per heavy atom. The molecule has 2 atom stereocenters. The first-order valence-corrected chi connectivity index (χ1v) is 13.3. The summed E-state index contributed by atoms with van der Waals surface area (Å²) in [6, 6.07) is 17.1. The van der Waals surface area contributed by atoms with Crippen LogP contribution in [0, 0.1) is 0 Å². The molecule has 0 fully saturated rings. The van der Waals surface area contributed by atoms with Gasteiger partial charge in [-0.1, -0.05) is 41.9 Å². The zero-order valence-electron chi connectivity index (χ0n) is 19.8. The van der Waals surface area contributed by atoms with Gasteiger partial charge >= 0.3 is 0 Å². The Morgan fingerprint density at radius 2 is 1.79 bits per heavy atom. The summed E-state index contributed by atoms with van der Waals surface area (Å²) in [6.07, 6.45) is 1.67. The minimum absolute atomic E-state index is 0.345. The predicted molar refractivity (Wildman–Crippen MR) is 142 cm³/mol. The van der Waals surface area contributed by atoms with Crippen molar-refractivity contribution in [1.29, 1.82) is 0 Å². The van der Waals surface area contributed by atoms with Crippen LogP contribution in [0.15, 0.2) is 60.8 Å². The van der Waals surface area contributed by atoms with E-state index >= 15 is 0 Å². The molecule has 2 aromatic carbocycles. The van der Waals surface area contributed by atoms with Crippen molar-refractivity contribution in [1.82, 2.24) is 14.7 Å².